The predicted molar refractivity (Wildman–Crippen MR) is 126 cm³/mol. The molecule has 6 nitrogen and oxygen atoms in total. The van der Waals surface area contributed by atoms with Crippen molar-refractivity contribution in [1.29, 1.82) is 0 Å². The van der Waals surface area contributed by atoms with Crippen LogP contribution in [0.2, 0.25) is 20.1 Å². The van der Waals surface area contributed by atoms with Gasteiger partial charge in [-0.3, -0.25) is 9.59 Å². The van der Waals surface area contributed by atoms with E-state index < -0.39 is 17.4 Å². The minimum Gasteiger partial charge on any atom is -0.334 e. The van der Waals surface area contributed by atoms with Gasteiger partial charge in [0.05, 0.1) is 28.4 Å². The largest absolute Gasteiger partial charge is 0.334 e. The molecule has 162 valence electrons. The van der Waals surface area contributed by atoms with Crippen molar-refractivity contribution in [1.82, 2.24) is 4.90 Å². The number of aliphatic imine (C=N–C) groups is 1. The number of carbonyl (C=O) groups is 2. The maximum Gasteiger partial charge on any atom is 0.267 e. The Labute approximate surface area is 203 Å². The van der Waals surface area contributed by atoms with Gasteiger partial charge in [-0.15, -0.1) is 0 Å². The average Bonchev–Trinajstić information content (AvgIpc) is 3.18. The highest BCUT2D eigenvalue weighted by atomic mass is 35.5. The Hall–Kier alpha value is -2.25. The number of guanidine groups is 1. The molecule has 2 bridgehead atoms. The molecule has 1 spiro atoms. The standard InChI is InChI=1S/C22H14Cl4N4O2/c1-9-2-16-17-19(31)30(13-4-10(23)3-11(24)5-13)20(32)22(17)14-6-12(25)7-15(26)18(14)27-21(28-22)29(16)8-9/h3-7,16-17H,1-2,8H2,(H,27,28). The highest BCUT2D eigenvalue weighted by Gasteiger charge is 2.69. The third kappa shape index (κ3) is 2.52. The summed E-state index contributed by atoms with van der Waals surface area (Å²) < 4.78 is 0. The number of nitrogens with one attached hydrogen (secondary N) is 1. The van der Waals surface area contributed by atoms with Gasteiger partial charge in [0.1, 0.15) is 0 Å². The number of amides is 2. The number of hydrogen-bond donors (Lipinski definition) is 1. The molecule has 2 amide bonds. The van der Waals surface area contributed by atoms with E-state index in [4.69, 9.17) is 51.4 Å². The van der Waals surface area contributed by atoms with Crippen LogP contribution in [0.5, 0.6) is 0 Å². The Morgan fingerprint density at radius 3 is 2.44 bits per heavy atom. The number of hydrogen-bond acceptors (Lipinski definition) is 5. The minimum absolute atomic E-state index is 0.287. The van der Waals surface area contributed by atoms with Crippen molar-refractivity contribution in [3.05, 3.63) is 68.1 Å². The lowest BCUT2D eigenvalue weighted by Gasteiger charge is -2.46. The molecule has 10 heteroatoms. The number of rotatable bonds is 1. The fourth-order valence-corrected chi connectivity index (χ4v) is 6.40. The molecule has 0 aliphatic carbocycles. The Kier molecular flexibility index (Phi) is 4.22. The second-order valence-electron chi connectivity index (χ2n) is 8.37. The molecular formula is C22H14Cl4N4O2. The van der Waals surface area contributed by atoms with Crippen molar-refractivity contribution in [2.45, 2.75) is 18.0 Å². The number of halogens is 4. The lowest BCUT2D eigenvalue weighted by Crippen LogP contribution is -2.59. The van der Waals surface area contributed by atoms with Crippen molar-refractivity contribution >= 4 is 75.6 Å². The summed E-state index contributed by atoms with van der Waals surface area (Å²) in [6.07, 6.45) is 0.569. The zero-order valence-electron chi connectivity index (χ0n) is 16.3. The van der Waals surface area contributed by atoms with Crippen molar-refractivity contribution < 1.29 is 9.59 Å². The first-order valence-corrected chi connectivity index (χ1v) is 11.4. The third-order valence-electron chi connectivity index (χ3n) is 6.50. The van der Waals surface area contributed by atoms with Crippen LogP contribution < -0.4 is 10.2 Å². The van der Waals surface area contributed by atoms with Crippen LogP contribution in [0.25, 0.3) is 0 Å². The summed E-state index contributed by atoms with van der Waals surface area (Å²) in [5.41, 5.74) is 0.765. The van der Waals surface area contributed by atoms with Crippen LogP contribution in [-0.2, 0) is 15.1 Å². The van der Waals surface area contributed by atoms with Crippen LogP contribution in [-0.4, -0.2) is 35.3 Å². The quantitative estimate of drug-likeness (QED) is 0.430. The van der Waals surface area contributed by atoms with Gasteiger partial charge in [-0.2, -0.15) is 0 Å². The normalized spacial score (nSPS) is 27.8. The molecule has 0 saturated carbocycles. The molecule has 1 N–H and O–H groups in total. The first-order valence-electron chi connectivity index (χ1n) is 9.85. The monoisotopic (exact) mass is 506 g/mol. The number of fused-ring (bicyclic) bond motifs is 4. The SMILES string of the molecule is C=C1CC2C3C(=O)N(c4cc(Cl)cc(Cl)c4)C(=O)C34N=C(Nc3c(Cl)cc(Cl)cc34)N2C1. The maximum atomic E-state index is 14.1. The van der Waals surface area contributed by atoms with Crippen LogP contribution in [0.15, 0.2) is 47.5 Å². The summed E-state index contributed by atoms with van der Waals surface area (Å²) in [5.74, 6) is -1.15. The van der Waals surface area contributed by atoms with Gasteiger partial charge in [-0.1, -0.05) is 58.6 Å². The Balaban J connectivity index is 1.64. The molecule has 32 heavy (non-hydrogen) atoms. The highest BCUT2D eigenvalue weighted by Crippen LogP contribution is 2.56. The second-order valence-corrected chi connectivity index (χ2v) is 10.1. The van der Waals surface area contributed by atoms with Crippen molar-refractivity contribution in [2.75, 3.05) is 16.8 Å². The van der Waals surface area contributed by atoms with Gasteiger partial charge in [0.2, 0.25) is 11.9 Å². The van der Waals surface area contributed by atoms with Crippen LogP contribution in [0.3, 0.4) is 0 Å². The number of nitrogens with zero attached hydrogens (tertiary/aromatic N) is 3. The highest BCUT2D eigenvalue weighted by molar-refractivity contribution is 6.39. The average molecular weight is 508 g/mol. The fraction of sp³-hybridized carbons (Fsp3) is 0.227. The molecule has 2 aromatic carbocycles. The Morgan fingerprint density at radius 1 is 1.03 bits per heavy atom. The summed E-state index contributed by atoms with van der Waals surface area (Å²) in [6.45, 7) is 4.65. The summed E-state index contributed by atoms with van der Waals surface area (Å²) in [5, 5.41) is 4.58. The Bertz CT molecular complexity index is 1290. The first kappa shape index (κ1) is 20.4. The van der Waals surface area contributed by atoms with E-state index in [1.807, 2.05) is 4.90 Å². The lowest BCUT2D eigenvalue weighted by molar-refractivity contribution is -0.123. The van der Waals surface area contributed by atoms with Crippen LogP contribution in [0.4, 0.5) is 11.4 Å². The second kappa shape index (κ2) is 6.64. The van der Waals surface area contributed by atoms with Crippen molar-refractivity contribution in [3.8, 4) is 0 Å². The van der Waals surface area contributed by atoms with Gasteiger partial charge in [-0.05, 0) is 36.8 Å². The molecule has 4 aliphatic heterocycles. The fourth-order valence-electron chi connectivity index (χ4n) is 5.34. The van der Waals surface area contributed by atoms with E-state index in [2.05, 4.69) is 11.9 Å². The smallest absolute Gasteiger partial charge is 0.267 e. The van der Waals surface area contributed by atoms with Crippen LogP contribution >= 0.6 is 46.4 Å². The summed E-state index contributed by atoms with van der Waals surface area (Å²) in [7, 11) is 0. The van der Waals surface area contributed by atoms with Gasteiger partial charge >= 0.3 is 0 Å². The maximum absolute atomic E-state index is 14.1. The zero-order chi connectivity index (χ0) is 22.5. The first-order chi connectivity index (χ1) is 15.2. The van der Waals surface area contributed by atoms with E-state index in [1.165, 1.54) is 0 Å². The van der Waals surface area contributed by atoms with E-state index in [9.17, 15) is 9.59 Å². The lowest BCUT2D eigenvalue weighted by atomic mass is 9.73. The van der Waals surface area contributed by atoms with E-state index >= 15 is 0 Å². The van der Waals surface area contributed by atoms with E-state index in [0.29, 0.717) is 56.0 Å². The molecule has 2 saturated heterocycles. The third-order valence-corrected chi connectivity index (χ3v) is 7.46. The molecule has 2 aromatic rings. The number of carbonyl (C=O) groups excluding carboxylic acids is 2. The Morgan fingerprint density at radius 2 is 1.72 bits per heavy atom. The van der Waals surface area contributed by atoms with E-state index in [-0.39, 0.29) is 11.9 Å². The molecule has 6 rings (SSSR count). The van der Waals surface area contributed by atoms with Gasteiger partial charge in [0.25, 0.3) is 5.91 Å². The number of anilines is 2. The van der Waals surface area contributed by atoms with Gasteiger partial charge < -0.3 is 10.2 Å². The number of imide groups is 1. The predicted octanol–water partition coefficient (Wildman–Crippen LogP) is 5.11. The molecule has 4 heterocycles. The summed E-state index contributed by atoms with van der Waals surface area (Å²) in [4.78, 5) is 36.0. The molecule has 2 fully saturated rings. The van der Waals surface area contributed by atoms with Gasteiger partial charge in [-0.25, -0.2) is 9.89 Å². The van der Waals surface area contributed by atoms with Crippen LogP contribution in [0, 0.1) is 5.92 Å². The summed E-state index contributed by atoms with van der Waals surface area (Å²) in [6, 6.07) is 7.59. The molecule has 4 aliphatic rings. The van der Waals surface area contributed by atoms with Crippen LogP contribution in [0.1, 0.15) is 12.0 Å². The van der Waals surface area contributed by atoms with Crippen molar-refractivity contribution in [3.63, 3.8) is 0 Å². The minimum atomic E-state index is -1.50. The van der Waals surface area contributed by atoms with Crippen molar-refractivity contribution in [2.24, 2.45) is 10.9 Å². The molecular weight excluding hydrogens is 494 g/mol. The molecule has 3 atom stereocenters. The van der Waals surface area contributed by atoms with Gasteiger partial charge in [0.15, 0.2) is 5.54 Å². The summed E-state index contributed by atoms with van der Waals surface area (Å²) >= 11 is 25.2. The molecule has 0 radical (unpaired) electrons. The molecule has 3 unspecified atom stereocenters. The zero-order valence-corrected chi connectivity index (χ0v) is 19.4. The van der Waals surface area contributed by atoms with E-state index in [0.717, 1.165) is 10.5 Å². The molecule has 0 aromatic heterocycles. The number of benzene rings is 2. The van der Waals surface area contributed by atoms with Gasteiger partial charge in [0, 0.05) is 27.2 Å². The van der Waals surface area contributed by atoms with E-state index in [1.54, 1.807) is 30.3 Å². The topological polar surface area (TPSA) is 65.0 Å².